The summed E-state index contributed by atoms with van der Waals surface area (Å²) in [5.74, 6) is 0. The first kappa shape index (κ1) is 40.2. The summed E-state index contributed by atoms with van der Waals surface area (Å²) in [7, 11) is 0. The van der Waals surface area contributed by atoms with Crippen molar-refractivity contribution in [1.82, 2.24) is 0 Å². The van der Waals surface area contributed by atoms with E-state index in [0.29, 0.717) is 0 Å². The molecule has 0 atom stereocenters. The maximum Gasteiger partial charge on any atom is 0.159 e. The fourth-order valence-electron chi connectivity index (χ4n) is 10.6. The zero-order valence-corrected chi connectivity index (χ0v) is 39.2. The highest BCUT2D eigenvalue weighted by atomic mass is 16.3. The van der Waals surface area contributed by atoms with E-state index < -0.39 is 0 Å². The van der Waals surface area contributed by atoms with Crippen LogP contribution in [-0.2, 0) is 10.8 Å². The molecule has 0 aliphatic heterocycles. The summed E-state index contributed by atoms with van der Waals surface area (Å²) in [6.45, 7) is 13.6. The third-order valence-corrected chi connectivity index (χ3v) is 14.2. The second kappa shape index (κ2) is 14.7. The molecule has 0 amide bonds. The minimum Gasteiger partial charge on any atom is -0.454 e. The van der Waals surface area contributed by atoms with Gasteiger partial charge in [-0.05, 0) is 163 Å². The van der Waals surface area contributed by atoms with Gasteiger partial charge in [-0.2, -0.15) is 0 Å². The number of hydrogen-bond donors (Lipinski definition) is 0. The lowest BCUT2D eigenvalue weighted by atomic mass is 9.78. The van der Waals surface area contributed by atoms with E-state index in [-0.39, 0.29) is 10.8 Å². The Kier molecular flexibility index (Phi) is 8.70. The van der Waals surface area contributed by atoms with Gasteiger partial charge in [0.1, 0.15) is 11.2 Å². The summed E-state index contributed by atoms with van der Waals surface area (Å²) in [6.07, 6.45) is 0. The number of anilines is 6. The number of furan rings is 2. The number of fused-ring (bicyclic) bond motifs is 12. The third kappa shape index (κ3) is 6.35. The van der Waals surface area contributed by atoms with Crippen LogP contribution in [0.15, 0.2) is 203 Å². The third-order valence-electron chi connectivity index (χ3n) is 14.2. The van der Waals surface area contributed by atoms with Crippen LogP contribution < -0.4 is 9.80 Å². The SMILES string of the molecule is CC(C)(C)c1cccc(N(c2ccc3cc4c(cc3c2)-c2cc3cc(N(c5cccc(C(C)(C)C)c5)c5cccc6c5oc5ccccc56)ccc3cc2-4)c2cccc3c2oc2ccccc23)c1. The van der Waals surface area contributed by atoms with Crippen molar-refractivity contribution in [1.29, 1.82) is 0 Å². The Morgan fingerprint density at radius 3 is 1.10 bits per heavy atom. The maximum absolute atomic E-state index is 6.68. The van der Waals surface area contributed by atoms with Crippen LogP contribution in [0.1, 0.15) is 52.7 Å². The normalized spacial score (nSPS) is 12.6. The summed E-state index contributed by atoms with van der Waals surface area (Å²) < 4.78 is 13.4. The highest BCUT2D eigenvalue weighted by Gasteiger charge is 2.27. The van der Waals surface area contributed by atoms with Crippen LogP contribution in [-0.4, -0.2) is 0 Å². The van der Waals surface area contributed by atoms with Crippen molar-refractivity contribution in [2.75, 3.05) is 9.80 Å². The van der Waals surface area contributed by atoms with Gasteiger partial charge in [0.25, 0.3) is 0 Å². The second-order valence-electron chi connectivity index (χ2n) is 20.6. The first-order valence-corrected chi connectivity index (χ1v) is 23.7. The fourth-order valence-corrected chi connectivity index (χ4v) is 10.6. The van der Waals surface area contributed by atoms with Crippen LogP contribution in [0.2, 0.25) is 0 Å². The maximum atomic E-state index is 6.68. The van der Waals surface area contributed by atoms with Crippen LogP contribution in [0.4, 0.5) is 34.1 Å². The molecule has 13 rings (SSSR count). The summed E-state index contributed by atoms with van der Waals surface area (Å²) in [5, 5.41) is 9.27. The molecule has 10 aromatic carbocycles. The van der Waals surface area contributed by atoms with Gasteiger partial charge >= 0.3 is 0 Å². The van der Waals surface area contributed by atoms with Gasteiger partial charge in [0, 0.05) is 44.3 Å². The molecule has 4 heteroatoms. The minimum atomic E-state index is -0.0186. The predicted molar refractivity (Wildman–Crippen MR) is 287 cm³/mol. The molecule has 4 nitrogen and oxygen atoms in total. The number of nitrogens with zero attached hydrogens (tertiary/aromatic N) is 2. The molecule has 2 heterocycles. The number of hydrogen-bond acceptors (Lipinski definition) is 4. The van der Waals surface area contributed by atoms with Crippen LogP contribution >= 0.6 is 0 Å². The van der Waals surface area contributed by atoms with E-state index in [4.69, 9.17) is 8.83 Å². The van der Waals surface area contributed by atoms with Gasteiger partial charge in [-0.1, -0.05) is 139 Å². The van der Waals surface area contributed by atoms with Crippen LogP contribution in [0, 0.1) is 0 Å². The Balaban J connectivity index is 0.941. The Morgan fingerprint density at radius 2 is 0.676 bits per heavy atom. The zero-order chi connectivity index (χ0) is 46.1. The predicted octanol–water partition coefficient (Wildman–Crippen LogP) is 19.0. The van der Waals surface area contributed by atoms with E-state index in [1.54, 1.807) is 0 Å². The van der Waals surface area contributed by atoms with Gasteiger partial charge in [0.2, 0.25) is 0 Å². The molecule has 2 aromatic heterocycles. The molecule has 0 saturated carbocycles. The first-order valence-electron chi connectivity index (χ1n) is 23.7. The van der Waals surface area contributed by atoms with Crippen molar-refractivity contribution in [2.45, 2.75) is 52.4 Å². The van der Waals surface area contributed by atoms with E-state index in [1.165, 1.54) is 54.9 Å². The largest absolute Gasteiger partial charge is 0.454 e. The smallest absolute Gasteiger partial charge is 0.159 e. The molecule has 1 aliphatic carbocycles. The molecule has 0 unspecified atom stereocenters. The highest BCUT2D eigenvalue weighted by molar-refractivity contribution is 6.15. The van der Waals surface area contributed by atoms with Gasteiger partial charge in [0.15, 0.2) is 11.2 Å². The van der Waals surface area contributed by atoms with Crippen LogP contribution in [0.25, 0.3) is 87.7 Å². The van der Waals surface area contributed by atoms with E-state index in [9.17, 15) is 0 Å². The summed E-state index contributed by atoms with van der Waals surface area (Å²) >= 11 is 0. The highest BCUT2D eigenvalue weighted by Crippen LogP contribution is 2.52. The van der Waals surface area contributed by atoms with Crippen molar-refractivity contribution in [2.24, 2.45) is 0 Å². The summed E-state index contributed by atoms with van der Waals surface area (Å²) in [4.78, 5) is 4.74. The van der Waals surface area contributed by atoms with Gasteiger partial charge < -0.3 is 18.6 Å². The minimum absolute atomic E-state index is 0.0186. The first-order chi connectivity index (χ1) is 32.9. The van der Waals surface area contributed by atoms with E-state index in [0.717, 1.165) is 78.0 Å². The molecule has 68 heavy (non-hydrogen) atoms. The molecule has 0 radical (unpaired) electrons. The number of benzene rings is 10. The quantitative estimate of drug-likeness (QED) is 0.167. The van der Waals surface area contributed by atoms with Crippen molar-refractivity contribution >= 4 is 99.5 Å². The molecular formula is C64H50N2O2. The molecule has 0 spiro atoms. The Hall–Kier alpha value is -8.08. The molecule has 0 fully saturated rings. The Bertz CT molecular complexity index is 3760. The Labute approximate surface area is 396 Å². The van der Waals surface area contributed by atoms with Gasteiger partial charge in [-0.25, -0.2) is 0 Å². The lowest BCUT2D eigenvalue weighted by Gasteiger charge is -2.29. The van der Waals surface area contributed by atoms with Crippen molar-refractivity contribution in [3.8, 4) is 22.3 Å². The summed E-state index contributed by atoms with van der Waals surface area (Å²) in [6, 6.07) is 70.9. The standard InChI is InChI=1S/C64H50N2O2/c1-63(2,3)43-15-11-17-45(37-43)65(57-23-13-21-51-49-19-7-9-25-59(49)67-61(51)57)47-29-27-39-33-53-54-34-40-28-30-48(32-42(40)36-56(54)55(53)35-41(39)31-47)66(46-18-12-16-44(38-46)64(4,5)6)58-24-14-22-52-50-20-8-10-26-60(50)68-62(52)58/h7-38H,1-6H3. The second-order valence-corrected chi connectivity index (χ2v) is 20.6. The van der Waals surface area contributed by atoms with E-state index >= 15 is 0 Å². The Morgan fingerprint density at radius 1 is 0.309 bits per heavy atom. The van der Waals surface area contributed by atoms with Crippen molar-refractivity contribution < 1.29 is 8.83 Å². The number of rotatable bonds is 6. The van der Waals surface area contributed by atoms with Gasteiger partial charge in [-0.15, -0.1) is 0 Å². The molecule has 328 valence electrons. The van der Waals surface area contributed by atoms with Gasteiger partial charge in [-0.3, -0.25) is 0 Å². The molecule has 0 saturated heterocycles. The molecule has 0 bridgehead atoms. The van der Waals surface area contributed by atoms with Crippen molar-refractivity contribution in [3.63, 3.8) is 0 Å². The van der Waals surface area contributed by atoms with Crippen molar-refractivity contribution in [3.05, 3.63) is 205 Å². The summed E-state index contributed by atoms with van der Waals surface area (Å²) in [5.41, 5.74) is 17.6. The average Bonchev–Trinajstić information content (AvgIpc) is 3.93. The molecule has 0 N–H and O–H groups in total. The lowest BCUT2D eigenvalue weighted by Crippen LogP contribution is -2.14. The van der Waals surface area contributed by atoms with Crippen LogP contribution in [0.3, 0.4) is 0 Å². The monoisotopic (exact) mass is 878 g/mol. The lowest BCUT2D eigenvalue weighted by molar-refractivity contribution is 0.590. The topological polar surface area (TPSA) is 32.8 Å². The van der Waals surface area contributed by atoms with E-state index in [1.807, 2.05) is 12.1 Å². The average molecular weight is 879 g/mol. The van der Waals surface area contributed by atoms with Crippen LogP contribution in [0.5, 0.6) is 0 Å². The number of para-hydroxylation sites is 4. The molecular weight excluding hydrogens is 829 g/mol. The molecule has 1 aliphatic rings. The zero-order valence-electron chi connectivity index (χ0n) is 39.2. The fraction of sp³-hybridized carbons (Fsp3) is 0.125. The van der Waals surface area contributed by atoms with Gasteiger partial charge in [0.05, 0.1) is 11.4 Å². The van der Waals surface area contributed by atoms with E-state index in [2.05, 4.69) is 233 Å². The molecule has 12 aromatic rings.